The minimum atomic E-state index is -0.861. The van der Waals surface area contributed by atoms with Crippen molar-refractivity contribution in [3.8, 4) is 5.75 Å². The first-order chi connectivity index (χ1) is 13.7. The Labute approximate surface area is 175 Å². The largest absolute Gasteiger partial charge is 0.542 e. The highest BCUT2D eigenvalue weighted by Gasteiger charge is 2.29. The Kier molecular flexibility index (Phi) is 6.48. The van der Waals surface area contributed by atoms with Gasteiger partial charge in [-0.3, -0.25) is 10.1 Å². The van der Waals surface area contributed by atoms with E-state index in [1.165, 1.54) is 11.1 Å². The van der Waals surface area contributed by atoms with Crippen molar-refractivity contribution in [2.24, 2.45) is 0 Å². The van der Waals surface area contributed by atoms with Crippen molar-refractivity contribution in [1.29, 1.82) is 0 Å². The molecule has 3 rings (SSSR count). The zero-order chi connectivity index (χ0) is 21.2. The first-order valence-corrected chi connectivity index (χ1v) is 12.6. The number of ether oxygens (including phenoxy) is 1. The van der Waals surface area contributed by atoms with E-state index in [1.807, 2.05) is 13.3 Å². The van der Waals surface area contributed by atoms with E-state index in [0.717, 1.165) is 17.1 Å². The second-order valence-electron chi connectivity index (χ2n) is 8.71. The summed E-state index contributed by atoms with van der Waals surface area (Å²) in [6.45, 7) is 14.5. The van der Waals surface area contributed by atoms with Gasteiger partial charge in [0.1, 0.15) is 11.8 Å². The summed E-state index contributed by atoms with van der Waals surface area (Å²) < 4.78 is 13.6. The number of nitrogens with one attached hydrogen (secondary N) is 1. The lowest BCUT2D eigenvalue weighted by Crippen LogP contribution is -2.43. The van der Waals surface area contributed by atoms with Gasteiger partial charge in [0.05, 0.1) is 18.6 Å². The summed E-state index contributed by atoms with van der Waals surface area (Å²) >= 11 is 0. The van der Waals surface area contributed by atoms with Gasteiger partial charge in [0, 0.05) is 30.8 Å². The molecule has 1 unspecified atom stereocenters. The van der Waals surface area contributed by atoms with Crippen LogP contribution in [-0.2, 0) is 34.5 Å². The fraction of sp³-hybridized carbons (Fsp3) is 0.545. The number of hydrogen-bond donors (Lipinski definition) is 1. The summed E-state index contributed by atoms with van der Waals surface area (Å²) in [6, 6.07) is 5.99. The molecule has 0 spiro atoms. The molecule has 7 heteroatoms. The molecule has 29 heavy (non-hydrogen) atoms. The average molecular weight is 415 g/mol. The molecule has 1 atom stereocenters. The van der Waals surface area contributed by atoms with Crippen molar-refractivity contribution in [3.63, 3.8) is 0 Å². The van der Waals surface area contributed by atoms with Gasteiger partial charge in [-0.15, -0.1) is 0 Å². The summed E-state index contributed by atoms with van der Waals surface area (Å²) in [7, 11) is -0.861. The molecule has 0 amide bonds. The molecule has 1 aliphatic rings. The highest BCUT2D eigenvalue weighted by Crippen LogP contribution is 2.35. The molecule has 0 fully saturated rings. The molecule has 157 valence electrons. The molecule has 1 aliphatic heterocycles. The maximum atomic E-state index is 12.2. The Morgan fingerprint density at radius 1 is 1.34 bits per heavy atom. The Balaban J connectivity index is 1.92. The van der Waals surface area contributed by atoms with Crippen LogP contribution in [0.1, 0.15) is 50.2 Å². The van der Waals surface area contributed by atoms with Gasteiger partial charge in [-0.2, -0.15) is 0 Å². The van der Waals surface area contributed by atoms with Gasteiger partial charge in [-0.1, -0.05) is 32.9 Å². The van der Waals surface area contributed by atoms with Crippen LogP contribution in [-0.4, -0.2) is 37.2 Å². The van der Waals surface area contributed by atoms with Crippen molar-refractivity contribution >= 4 is 15.0 Å². The molecular formula is C22H32N3O3Si. The van der Waals surface area contributed by atoms with E-state index < -0.39 is 9.04 Å². The van der Waals surface area contributed by atoms with Crippen LogP contribution in [0.2, 0.25) is 13.1 Å². The third kappa shape index (κ3) is 4.90. The van der Waals surface area contributed by atoms with Gasteiger partial charge >= 0.3 is 5.97 Å². The van der Waals surface area contributed by atoms with Gasteiger partial charge in [-0.05, 0) is 37.1 Å². The summed E-state index contributed by atoms with van der Waals surface area (Å²) in [4.78, 5) is 16.8. The lowest BCUT2D eigenvalue weighted by molar-refractivity contribution is -0.145. The topological polar surface area (TPSA) is 65.4 Å². The minimum absolute atomic E-state index is 0.0427. The first kappa shape index (κ1) is 21.6. The zero-order valence-electron chi connectivity index (χ0n) is 18.3. The van der Waals surface area contributed by atoms with Crippen LogP contribution >= 0.6 is 0 Å². The SMILES string of the molecule is CCOC(=O)C1Cc2c(ncn2Cc2cccc(O[Si](C)C)c2C(C)(C)C)CN1. The molecule has 1 radical (unpaired) electrons. The second-order valence-corrected chi connectivity index (χ2v) is 10.7. The Hall–Kier alpha value is -2.12. The Morgan fingerprint density at radius 2 is 2.10 bits per heavy atom. The Morgan fingerprint density at radius 3 is 2.76 bits per heavy atom. The van der Waals surface area contributed by atoms with Crippen LogP contribution < -0.4 is 9.74 Å². The molecule has 1 aromatic carbocycles. The van der Waals surface area contributed by atoms with E-state index in [2.05, 4.69) is 66.9 Å². The normalized spacial score (nSPS) is 16.6. The van der Waals surface area contributed by atoms with Gasteiger partial charge in [0.15, 0.2) is 0 Å². The molecule has 0 saturated carbocycles. The summed E-state index contributed by atoms with van der Waals surface area (Å²) in [5, 5.41) is 3.24. The molecule has 0 aliphatic carbocycles. The van der Waals surface area contributed by atoms with Crippen LogP contribution in [0.15, 0.2) is 24.5 Å². The lowest BCUT2D eigenvalue weighted by atomic mass is 9.83. The number of rotatable bonds is 6. The second kappa shape index (κ2) is 8.71. The number of nitrogens with zero attached hydrogens (tertiary/aromatic N) is 2. The van der Waals surface area contributed by atoms with E-state index in [1.54, 1.807) is 0 Å². The highest BCUT2D eigenvalue weighted by atomic mass is 28.3. The molecule has 0 saturated heterocycles. The van der Waals surface area contributed by atoms with Crippen LogP contribution in [0.5, 0.6) is 5.75 Å². The number of carbonyl (C=O) groups excluding carboxylic acids is 1. The smallest absolute Gasteiger partial charge is 0.323 e. The molecule has 6 nitrogen and oxygen atoms in total. The maximum absolute atomic E-state index is 12.2. The number of fused-ring (bicyclic) bond motifs is 1. The third-order valence-electron chi connectivity index (χ3n) is 5.03. The first-order valence-electron chi connectivity index (χ1n) is 10.2. The van der Waals surface area contributed by atoms with Gasteiger partial charge in [0.25, 0.3) is 9.04 Å². The minimum Gasteiger partial charge on any atom is -0.542 e. The van der Waals surface area contributed by atoms with Gasteiger partial charge < -0.3 is 13.7 Å². The maximum Gasteiger partial charge on any atom is 0.323 e. The van der Waals surface area contributed by atoms with Crippen molar-refractivity contribution < 1.29 is 14.0 Å². The van der Waals surface area contributed by atoms with Crippen LogP contribution in [0.3, 0.4) is 0 Å². The summed E-state index contributed by atoms with van der Waals surface area (Å²) in [5.41, 5.74) is 4.53. The molecule has 2 aromatic rings. The quantitative estimate of drug-likeness (QED) is 0.579. The van der Waals surface area contributed by atoms with E-state index in [0.29, 0.717) is 26.1 Å². The highest BCUT2D eigenvalue weighted by molar-refractivity contribution is 6.49. The van der Waals surface area contributed by atoms with Gasteiger partial charge in [0.2, 0.25) is 0 Å². The lowest BCUT2D eigenvalue weighted by Gasteiger charge is -2.28. The number of esters is 1. The van der Waals surface area contributed by atoms with Crippen molar-refractivity contribution in [3.05, 3.63) is 47.0 Å². The van der Waals surface area contributed by atoms with Crippen molar-refractivity contribution in [1.82, 2.24) is 14.9 Å². The van der Waals surface area contributed by atoms with Crippen LogP contribution in [0, 0.1) is 0 Å². The number of aromatic nitrogens is 2. The summed E-state index contributed by atoms with van der Waals surface area (Å²) in [6.07, 6.45) is 2.47. The number of carbonyl (C=O) groups is 1. The fourth-order valence-electron chi connectivity index (χ4n) is 3.91. The third-order valence-corrected chi connectivity index (χ3v) is 5.66. The van der Waals surface area contributed by atoms with E-state index in [-0.39, 0.29) is 17.4 Å². The van der Waals surface area contributed by atoms with Gasteiger partial charge in [-0.25, -0.2) is 4.98 Å². The predicted octanol–water partition coefficient (Wildman–Crippen LogP) is 3.44. The Bertz CT molecular complexity index is 871. The van der Waals surface area contributed by atoms with E-state index in [4.69, 9.17) is 9.16 Å². The predicted molar refractivity (Wildman–Crippen MR) is 116 cm³/mol. The van der Waals surface area contributed by atoms with E-state index in [9.17, 15) is 4.79 Å². The zero-order valence-corrected chi connectivity index (χ0v) is 19.3. The van der Waals surface area contributed by atoms with E-state index >= 15 is 0 Å². The fourth-order valence-corrected chi connectivity index (χ4v) is 4.52. The van der Waals surface area contributed by atoms with Crippen molar-refractivity contribution in [2.45, 2.75) is 71.8 Å². The number of imidazole rings is 1. The molecule has 1 N–H and O–H groups in total. The van der Waals surface area contributed by atoms with Crippen molar-refractivity contribution in [2.75, 3.05) is 6.61 Å². The number of benzene rings is 1. The molecule has 1 aromatic heterocycles. The van der Waals surface area contributed by atoms with Crippen LogP contribution in [0.4, 0.5) is 0 Å². The molecular weight excluding hydrogens is 382 g/mol. The summed E-state index contributed by atoms with van der Waals surface area (Å²) in [5.74, 6) is 0.784. The molecule has 0 bridgehead atoms. The molecule has 2 heterocycles. The standard InChI is InChI=1S/C22H32N3O3Si/c1-7-27-21(26)16-11-18-17(12-23-16)24-14-25(18)13-15-9-8-10-19(28-29(5)6)20(15)22(2,3)4/h8-10,14,16,23H,7,11-13H2,1-6H3. The monoisotopic (exact) mass is 414 g/mol. The number of hydrogen-bond acceptors (Lipinski definition) is 5. The average Bonchev–Trinajstić information content (AvgIpc) is 3.02. The van der Waals surface area contributed by atoms with Crippen LogP contribution in [0.25, 0.3) is 0 Å².